The highest BCUT2D eigenvalue weighted by molar-refractivity contribution is 5.80. The normalized spacial score (nSPS) is 21.0. The lowest BCUT2D eigenvalue weighted by Crippen LogP contribution is -2.46. The Bertz CT molecular complexity index is 1040. The van der Waals surface area contributed by atoms with Crippen LogP contribution in [0, 0.1) is 0 Å². The summed E-state index contributed by atoms with van der Waals surface area (Å²) in [5, 5.41) is 0. The van der Waals surface area contributed by atoms with Crippen LogP contribution in [0.5, 0.6) is 0 Å². The number of nitrogens with one attached hydrogen (secondary N) is 1. The molecule has 3 aromatic rings. The Hall–Kier alpha value is -2.53. The molecule has 0 amide bonds. The van der Waals surface area contributed by atoms with Gasteiger partial charge in [-0.2, -0.15) is 0 Å². The summed E-state index contributed by atoms with van der Waals surface area (Å²) in [5.41, 5.74) is 3.96. The lowest BCUT2D eigenvalue weighted by molar-refractivity contribution is 0.0495. The van der Waals surface area contributed by atoms with Gasteiger partial charge in [0.2, 0.25) is 0 Å². The number of aromatic amines is 1. The lowest BCUT2D eigenvalue weighted by Gasteiger charge is -2.44. The summed E-state index contributed by atoms with van der Waals surface area (Å²) in [4.78, 5) is 27.6. The molecule has 4 rings (SSSR count). The average molecular weight is 405 g/mol. The number of hydrogen-bond acceptors (Lipinski definition) is 4. The molecule has 1 aliphatic heterocycles. The highest BCUT2D eigenvalue weighted by Gasteiger charge is 2.32. The predicted octanol–water partition coefficient (Wildman–Crippen LogP) is 5.48. The minimum absolute atomic E-state index is 0.169. The zero-order valence-electron chi connectivity index (χ0n) is 18.3. The van der Waals surface area contributed by atoms with Crippen molar-refractivity contribution in [2.24, 2.45) is 0 Å². The summed E-state index contributed by atoms with van der Waals surface area (Å²) in [7, 11) is 0. The Kier molecular flexibility index (Phi) is 6.28. The number of H-pyrrole nitrogens is 1. The summed E-state index contributed by atoms with van der Waals surface area (Å²) in [6.07, 6.45) is 10.6. The average Bonchev–Trinajstić information content (AvgIpc) is 2.75. The van der Waals surface area contributed by atoms with Crippen LogP contribution in [-0.4, -0.2) is 31.9 Å². The van der Waals surface area contributed by atoms with Crippen LogP contribution in [0.25, 0.3) is 22.3 Å². The topological polar surface area (TPSA) is 61.9 Å². The van der Waals surface area contributed by atoms with E-state index in [-0.39, 0.29) is 5.56 Å². The number of para-hydroxylation sites is 1. The van der Waals surface area contributed by atoms with E-state index in [9.17, 15) is 4.79 Å². The Labute approximate surface area is 178 Å². The van der Waals surface area contributed by atoms with Gasteiger partial charge >= 0.3 is 0 Å². The van der Waals surface area contributed by atoms with E-state index in [1.165, 1.54) is 37.7 Å². The number of likely N-dealkylation sites (tertiary alicyclic amines) is 1. The van der Waals surface area contributed by atoms with Crippen molar-refractivity contribution in [3.8, 4) is 11.3 Å². The van der Waals surface area contributed by atoms with E-state index >= 15 is 0 Å². The van der Waals surface area contributed by atoms with Crippen LogP contribution in [0.4, 0.5) is 0 Å². The maximum Gasteiger partial charge on any atom is 0.275 e. The van der Waals surface area contributed by atoms with E-state index in [1.807, 2.05) is 18.2 Å². The molecule has 1 aromatic carbocycles. The first-order valence-corrected chi connectivity index (χ1v) is 11.3. The molecule has 2 aromatic heterocycles. The second kappa shape index (κ2) is 9.09. The fourth-order valence-corrected chi connectivity index (χ4v) is 5.02. The quantitative estimate of drug-likeness (QED) is 0.591. The van der Waals surface area contributed by atoms with E-state index < -0.39 is 0 Å². The molecular weight excluding hydrogens is 372 g/mol. The molecule has 0 radical (unpaired) electrons. The van der Waals surface area contributed by atoms with Gasteiger partial charge in [-0.25, -0.2) is 4.98 Å². The minimum Gasteiger partial charge on any atom is -0.319 e. The molecule has 3 atom stereocenters. The van der Waals surface area contributed by atoms with Gasteiger partial charge in [0, 0.05) is 36.1 Å². The molecule has 158 valence electrons. The first kappa shape index (κ1) is 20.7. The largest absolute Gasteiger partial charge is 0.319 e. The second-order valence-electron chi connectivity index (χ2n) is 8.63. The fourth-order valence-electron chi connectivity index (χ4n) is 5.02. The van der Waals surface area contributed by atoms with Crippen LogP contribution in [0.2, 0.25) is 0 Å². The fraction of sp³-hybridized carbons (Fsp3) is 0.480. The number of piperidine rings is 1. The van der Waals surface area contributed by atoms with Crippen LogP contribution in [0.3, 0.4) is 0 Å². The third-order valence-corrected chi connectivity index (χ3v) is 6.50. The molecule has 1 aliphatic rings. The van der Waals surface area contributed by atoms with Gasteiger partial charge in [-0.05, 0) is 56.9 Å². The van der Waals surface area contributed by atoms with E-state index in [1.54, 1.807) is 12.4 Å². The SMILES string of the molecule is CCCCC(c1cccc2[nH]c(=O)c(-c3cccnc3)nc12)N1C(C)CCCC1C. The Balaban J connectivity index is 1.87. The van der Waals surface area contributed by atoms with Crippen LogP contribution < -0.4 is 5.56 Å². The second-order valence-corrected chi connectivity index (χ2v) is 8.63. The van der Waals surface area contributed by atoms with E-state index in [4.69, 9.17) is 4.98 Å². The molecule has 0 saturated carbocycles. The van der Waals surface area contributed by atoms with E-state index in [0.717, 1.165) is 23.0 Å². The maximum atomic E-state index is 12.7. The first-order chi connectivity index (χ1) is 14.6. The molecule has 30 heavy (non-hydrogen) atoms. The van der Waals surface area contributed by atoms with E-state index in [2.05, 4.69) is 47.8 Å². The number of benzene rings is 1. The molecule has 3 unspecified atom stereocenters. The molecular formula is C25H32N4O. The van der Waals surface area contributed by atoms with Gasteiger partial charge in [-0.15, -0.1) is 0 Å². The predicted molar refractivity (Wildman–Crippen MR) is 122 cm³/mol. The molecule has 0 spiro atoms. The van der Waals surface area contributed by atoms with Crippen LogP contribution >= 0.6 is 0 Å². The number of rotatable bonds is 6. The molecule has 5 nitrogen and oxygen atoms in total. The van der Waals surface area contributed by atoms with Gasteiger partial charge in [-0.1, -0.05) is 38.3 Å². The zero-order valence-corrected chi connectivity index (χ0v) is 18.3. The van der Waals surface area contributed by atoms with Crippen LogP contribution in [-0.2, 0) is 0 Å². The summed E-state index contributed by atoms with van der Waals surface area (Å²) in [6, 6.07) is 11.3. The number of unbranched alkanes of at least 4 members (excludes halogenated alkanes) is 1. The third kappa shape index (κ3) is 4.04. The van der Waals surface area contributed by atoms with Gasteiger partial charge in [-0.3, -0.25) is 14.7 Å². The maximum absolute atomic E-state index is 12.7. The van der Waals surface area contributed by atoms with Gasteiger partial charge < -0.3 is 4.98 Å². The van der Waals surface area contributed by atoms with Crippen molar-refractivity contribution < 1.29 is 0 Å². The summed E-state index contributed by atoms with van der Waals surface area (Å²) in [5.74, 6) is 0. The van der Waals surface area contributed by atoms with Crippen molar-refractivity contribution in [3.05, 3.63) is 58.6 Å². The Morgan fingerprint density at radius 3 is 2.67 bits per heavy atom. The van der Waals surface area contributed by atoms with Crippen molar-refractivity contribution in [1.82, 2.24) is 19.9 Å². The number of nitrogens with zero attached hydrogens (tertiary/aromatic N) is 3. The van der Waals surface area contributed by atoms with Crippen molar-refractivity contribution in [2.75, 3.05) is 0 Å². The Morgan fingerprint density at radius 1 is 1.17 bits per heavy atom. The highest BCUT2D eigenvalue weighted by Crippen LogP contribution is 2.37. The first-order valence-electron chi connectivity index (χ1n) is 11.3. The number of fused-ring (bicyclic) bond motifs is 1. The summed E-state index contributed by atoms with van der Waals surface area (Å²) in [6.45, 7) is 6.96. The van der Waals surface area contributed by atoms with Crippen LogP contribution in [0.15, 0.2) is 47.5 Å². The molecule has 3 heterocycles. The monoisotopic (exact) mass is 404 g/mol. The smallest absolute Gasteiger partial charge is 0.275 e. The van der Waals surface area contributed by atoms with Crippen molar-refractivity contribution in [2.45, 2.75) is 77.4 Å². The standard InChI is InChI=1S/C25H32N4O/c1-4-5-14-22(29-17(2)9-6-10-18(29)3)20-12-7-13-21-24(20)28-23(25(30)27-21)19-11-8-15-26-16-19/h7-8,11-13,15-18,22H,4-6,9-10,14H2,1-3H3,(H,27,30). The molecule has 0 bridgehead atoms. The van der Waals surface area contributed by atoms with Crippen molar-refractivity contribution in [1.29, 1.82) is 0 Å². The molecule has 5 heteroatoms. The summed E-state index contributed by atoms with van der Waals surface area (Å²) < 4.78 is 0. The number of aromatic nitrogens is 3. The molecule has 1 fully saturated rings. The van der Waals surface area contributed by atoms with Gasteiger partial charge in [0.05, 0.1) is 11.0 Å². The summed E-state index contributed by atoms with van der Waals surface area (Å²) >= 11 is 0. The minimum atomic E-state index is -0.169. The van der Waals surface area contributed by atoms with Gasteiger partial charge in [0.25, 0.3) is 5.56 Å². The third-order valence-electron chi connectivity index (χ3n) is 6.50. The zero-order chi connectivity index (χ0) is 21.1. The van der Waals surface area contributed by atoms with Gasteiger partial charge in [0.15, 0.2) is 0 Å². The van der Waals surface area contributed by atoms with Crippen molar-refractivity contribution in [3.63, 3.8) is 0 Å². The highest BCUT2D eigenvalue weighted by atomic mass is 16.1. The number of pyridine rings is 1. The lowest BCUT2D eigenvalue weighted by atomic mass is 9.89. The Morgan fingerprint density at radius 2 is 1.97 bits per heavy atom. The number of hydrogen-bond donors (Lipinski definition) is 1. The van der Waals surface area contributed by atoms with Gasteiger partial charge in [0.1, 0.15) is 5.69 Å². The van der Waals surface area contributed by atoms with Crippen molar-refractivity contribution >= 4 is 11.0 Å². The molecule has 0 aliphatic carbocycles. The van der Waals surface area contributed by atoms with Crippen LogP contribution in [0.1, 0.15) is 70.9 Å². The molecule has 1 N–H and O–H groups in total. The van der Waals surface area contributed by atoms with E-state index in [0.29, 0.717) is 23.8 Å². The molecule has 1 saturated heterocycles.